The number of hydrogen-bond donors (Lipinski definition) is 0. The minimum atomic E-state index is -0.00292. The van der Waals surface area contributed by atoms with Crippen LogP contribution in [0.1, 0.15) is 39.5 Å². The molecular weight excluding hydrogens is 190 g/mol. The molecule has 2 fully saturated rings. The summed E-state index contributed by atoms with van der Waals surface area (Å²) in [5.74, 6) is 0.489. The second-order valence-corrected chi connectivity index (χ2v) is 4.81. The molecular formula is C12H21NO2. The van der Waals surface area contributed by atoms with E-state index in [-0.39, 0.29) is 12.1 Å². The lowest BCUT2D eigenvalue weighted by Crippen LogP contribution is -2.49. The number of cyclic esters (lactones) is 1. The van der Waals surface area contributed by atoms with Gasteiger partial charge in [0.25, 0.3) is 0 Å². The van der Waals surface area contributed by atoms with Crippen molar-refractivity contribution in [1.82, 2.24) is 4.90 Å². The van der Waals surface area contributed by atoms with Crippen molar-refractivity contribution in [2.75, 3.05) is 13.1 Å². The zero-order chi connectivity index (χ0) is 10.8. The second-order valence-electron chi connectivity index (χ2n) is 4.81. The van der Waals surface area contributed by atoms with E-state index >= 15 is 0 Å². The maximum Gasteiger partial charge on any atom is 0.307 e. The minimum absolute atomic E-state index is 0.00292. The van der Waals surface area contributed by atoms with E-state index in [1.165, 1.54) is 25.9 Å². The Morgan fingerprint density at radius 1 is 1.40 bits per heavy atom. The summed E-state index contributed by atoms with van der Waals surface area (Å²) < 4.78 is 5.37. The smallest absolute Gasteiger partial charge is 0.307 e. The maximum absolute atomic E-state index is 11.5. The fourth-order valence-electron chi connectivity index (χ4n) is 2.92. The van der Waals surface area contributed by atoms with Crippen LogP contribution in [0.3, 0.4) is 0 Å². The normalized spacial score (nSPS) is 38.0. The molecule has 0 bridgehead atoms. The van der Waals surface area contributed by atoms with Crippen LogP contribution < -0.4 is 0 Å². The molecule has 0 N–H and O–H groups in total. The van der Waals surface area contributed by atoms with Gasteiger partial charge in [0.1, 0.15) is 6.10 Å². The summed E-state index contributed by atoms with van der Waals surface area (Å²) in [6, 6.07) is 0.429. The van der Waals surface area contributed by atoms with Crippen LogP contribution in [0.2, 0.25) is 0 Å². The van der Waals surface area contributed by atoms with Crippen molar-refractivity contribution < 1.29 is 9.53 Å². The van der Waals surface area contributed by atoms with Gasteiger partial charge in [0.2, 0.25) is 0 Å². The predicted molar refractivity (Wildman–Crippen MR) is 58.5 cm³/mol. The lowest BCUT2D eigenvalue weighted by Gasteiger charge is -2.39. The standard InChI is InChI=1S/C12H21NO2/c1-3-11-9(2)10(8-12(14)15-11)13-6-4-5-7-13/h9-11H,3-8H2,1-2H3. The summed E-state index contributed by atoms with van der Waals surface area (Å²) in [6.07, 6.45) is 4.25. The van der Waals surface area contributed by atoms with Crippen LogP contribution in [0.4, 0.5) is 0 Å². The van der Waals surface area contributed by atoms with Crippen LogP contribution in [0.15, 0.2) is 0 Å². The molecule has 3 unspecified atom stereocenters. The van der Waals surface area contributed by atoms with Crippen molar-refractivity contribution >= 4 is 5.97 Å². The summed E-state index contributed by atoms with van der Waals surface area (Å²) >= 11 is 0. The van der Waals surface area contributed by atoms with Gasteiger partial charge in [-0.3, -0.25) is 9.69 Å². The van der Waals surface area contributed by atoms with Crippen molar-refractivity contribution in [1.29, 1.82) is 0 Å². The number of carbonyl (C=O) groups excluding carboxylic acids is 1. The van der Waals surface area contributed by atoms with Crippen LogP contribution in [0.5, 0.6) is 0 Å². The van der Waals surface area contributed by atoms with Crippen molar-refractivity contribution in [2.24, 2.45) is 5.92 Å². The van der Waals surface area contributed by atoms with Gasteiger partial charge in [-0.25, -0.2) is 0 Å². The summed E-state index contributed by atoms with van der Waals surface area (Å²) in [4.78, 5) is 14.0. The van der Waals surface area contributed by atoms with Gasteiger partial charge in [-0.15, -0.1) is 0 Å². The first-order valence-electron chi connectivity index (χ1n) is 6.16. The van der Waals surface area contributed by atoms with Crippen LogP contribution >= 0.6 is 0 Å². The predicted octanol–water partition coefficient (Wildman–Crippen LogP) is 1.81. The number of likely N-dealkylation sites (tertiary alicyclic amines) is 1. The Bertz CT molecular complexity index is 236. The Hall–Kier alpha value is -0.570. The zero-order valence-electron chi connectivity index (χ0n) is 9.74. The van der Waals surface area contributed by atoms with Gasteiger partial charge >= 0.3 is 5.97 Å². The summed E-state index contributed by atoms with van der Waals surface area (Å²) in [5.41, 5.74) is 0. The lowest BCUT2D eigenvalue weighted by atomic mass is 9.88. The molecule has 2 aliphatic rings. The van der Waals surface area contributed by atoms with Gasteiger partial charge in [0.05, 0.1) is 6.42 Å². The van der Waals surface area contributed by atoms with E-state index in [0.29, 0.717) is 18.4 Å². The van der Waals surface area contributed by atoms with Gasteiger partial charge in [-0.1, -0.05) is 13.8 Å². The highest BCUT2D eigenvalue weighted by molar-refractivity contribution is 5.71. The number of nitrogens with zero attached hydrogens (tertiary/aromatic N) is 1. The molecule has 2 heterocycles. The van der Waals surface area contributed by atoms with E-state index in [1.807, 2.05) is 0 Å². The van der Waals surface area contributed by atoms with Gasteiger partial charge < -0.3 is 4.74 Å². The molecule has 2 saturated heterocycles. The van der Waals surface area contributed by atoms with E-state index < -0.39 is 0 Å². The first-order valence-corrected chi connectivity index (χ1v) is 6.16. The molecule has 0 aromatic carbocycles. The largest absolute Gasteiger partial charge is 0.462 e. The summed E-state index contributed by atoms with van der Waals surface area (Å²) in [6.45, 7) is 6.65. The molecule has 0 radical (unpaired) electrons. The minimum Gasteiger partial charge on any atom is -0.462 e. The Labute approximate surface area is 91.8 Å². The number of esters is 1. The number of hydrogen-bond acceptors (Lipinski definition) is 3. The number of ether oxygens (including phenoxy) is 1. The van der Waals surface area contributed by atoms with Crippen molar-refractivity contribution in [3.8, 4) is 0 Å². The Morgan fingerprint density at radius 3 is 2.67 bits per heavy atom. The molecule has 0 amide bonds. The van der Waals surface area contributed by atoms with Crippen LogP contribution in [0.25, 0.3) is 0 Å². The van der Waals surface area contributed by atoms with Crippen molar-refractivity contribution in [3.05, 3.63) is 0 Å². The zero-order valence-corrected chi connectivity index (χ0v) is 9.74. The fourth-order valence-corrected chi connectivity index (χ4v) is 2.92. The maximum atomic E-state index is 11.5. The average molecular weight is 211 g/mol. The molecule has 15 heavy (non-hydrogen) atoms. The highest BCUT2D eigenvalue weighted by atomic mass is 16.5. The molecule has 3 heteroatoms. The molecule has 0 aromatic heterocycles. The molecule has 0 saturated carbocycles. The molecule has 86 valence electrons. The molecule has 3 atom stereocenters. The molecule has 3 nitrogen and oxygen atoms in total. The van der Waals surface area contributed by atoms with Gasteiger partial charge in [0, 0.05) is 12.0 Å². The third-order valence-electron chi connectivity index (χ3n) is 3.86. The average Bonchev–Trinajstić information content (AvgIpc) is 2.74. The summed E-state index contributed by atoms with van der Waals surface area (Å²) in [5, 5.41) is 0. The third kappa shape index (κ3) is 2.17. The van der Waals surface area contributed by atoms with Crippen molar-refractivity contribution in [2.45, 2.75) is 51.7 Å². The van der Waals surface area contributed by atoms with E-state index in [4.69, 9.17) is 4.74 Å². The summed E-state index contributed by atoms with van der Waals surface area (Å²) in [7, 11) is 0. The third-order valence-corrected chi connectivity index (χ3v) is 3.86. The molecule has 0 aliphatic carbocycles. The second kappa shape index (κ2) is 4.52. The SMILES string of the molecule is CCC1OC(=O)CC(N2CCCC2)C1C. The van der Waals surface area contributed by atoms with E-state index in [1.54, 1.807) is 0 Å². The highest BCUT2D eigenvalue weighted by Crippen LogP contribution is 2.29. The van der Waals surface area contributed by atoms with Crippen LogP contribution in [0, 0.1) is 5.92 Å². The quantitative estimate of drug-likeness (QED) is 0.652. The van der Waals surface area contributed by atoms with Gasteiger partial charge in [0.15, 0.2) is 0 Å². The number of carbonyl (C=O) groups is 1. The first-order chi connectivity index (χ1) is 7.22. The van der Waals surface area contributed by atoms with Crippen LogP contribution in [-0.2, 0) is 9.53 Å². The first kappa shape index (κ1) is 10.9. The van der Waals surface area contributed by atoms with E-state index in [2.05, 4.69) is 18.7 Å². The Morgan fingerprint density at radius 2 is 2.07 bits per heavy atom. The highest BCUT2D eigenvalue weighted by Gasteiger charge is 2.38. The fraction of sp³-hybridized carbons (Fsp3) is 0.917. The lowest BCUT2D eigenvalue weighted by molar-refractivity contribution is -0.163. The Balaban J connectivity index is 2.04. The number of rotatable bonds is 2. The van der Waals surface area contributed by atoms with E-state index in [9.17, 15) is 4.79 Å². The van der Waals surface area contributed by atoms with E-state index in [0.717, 1.165) is 6.42 Å². The topological polar surface area (TPSA) is 29.5 Å². The molecule has 0 aromatic rings. The molecule has 2 aliphatic heterocycles. The molecule has 0 spiro atoms. The van der Waals surface area contributed by atoms with Gasteiger partial charge in [-0.2, -0.15) is 0 Å². The Kier molecular flexibility index (Phi) is 3.29. The van der Waals surface area contributed by atoms with Gasteiger partial charge in [-0.05, 0) is 32.4 Å². The van der Waals surface area contributed by atoms with Crippen LogP contribution in [-0.4, -0.2) is 36.1 Å². The molecule has 2 rings (SSSR count). The monoisotopic (exact) mass is 211 g/mol. The van der Waals surface area contributed by atoms with Crippen molar-refractivity contribution in [3.63, 3.8) is 0 Å².